The average Bonchev–Trinajstić information content (AvgIpc) is 2.62. The Morgan fingerprint density at radius 2 is 1.65 bits per heavy atom. The molecular formula is C19H20N4. The third kappa shape index (κ3) is 4.37. The van der Waals surface area contributed by atoms with Crippen molar-refractivity contribution in [1.82, 2.24) is 9.97 Å². The Morgan fingerprint density at radius 3 is 2.43 bits per heavy atom. The fraction of sp³-hybridized carbons (Fsp3) is 0.158. The minimum Gasteiger partial charge on any atom is -0.368 e. The molecule has 0 aliphatic heterocycles. The minimum atomic E-state index is 0.0452. The van der Waals surface area contributed by atoms with Crippen molar-refractivity contribution in [1.29, 1.82) is 0 Å². The topological polar surface area (TPSA) is 63.8 Å². The van der Waals surface area contributed by atoms with E-state index in [0.29, 0.717) is 6.54 Å². The average molecular weight is 304 g/mol. The lowest BCUT2D eigenvalue weighted by Gasteiger charge is -2.14. The maximum atomic E-state index is 6.20. The molecule has 2 aromatic heterocycles. The molecule has 3 N–H and O–H groups in total. The van der Waals surface area contributed by atoms with Crippen LogP contribution in [0.15, 0.2) is 73.2 Å². The Bertz CT molecular complexity index is 729. The lowest BCUT2D eigenvalue weighted by Crippen LogP contribution is -2.31. The predicted octanol–water partition coefficient (Wildman–Crippen LogP) is 3.13. The second-order valence-electron chi connectivity index (χ2n) is 5.50. The van der Waals surface area contributed by atoms with E-state index in [4.69, 9.17) is 5.73 Å². The Hall–Kier alpha value is -2.72. The zero-order chi connectivity index (χ0) is 15.9. The second-order valence-corrected chi connectivity index (χ2v) is 5.50. The first-order valence-electron chi connectivity index (χ1n) is 7.71. The molecule has 116 valence electrons. The molecule has 0 amide bonds. The zero-order valence-electron chi connectivity index (χ0n) is 12.9. The van der Waals surface area contributed by atoms with E-state index < -0.39 is 0 Å². The van der Waals surface area contributed by atoms with Crippen molar-refractivity contribution in [2.45, 2.75) is 12.5 Å². The number of pyridine rings is 2. The van der Waals surface area contributed by atoms with Crippen molar-refractivity contribution in [3.05, 3.63) is 78.8 Å². The summed E-state index contributed by atoms with van der Waals surface area (Å²) in [5.41, 5.74) is 9.69. The minimum absolute atomic E-state index is 0.0452. The molecule has 3 rings (SSSR count). The van der Waals surface area contributed by atoms with Gasteiger partial charge in [-0.1, -0.05) is 30.3 Å². The third-order valence-electron chi connectivity index (χ3n) is 3.66. The van der Waals surface area contributed by atoms with Gasteiger partial charge in [0.25, 0.3) is 0 Å². The number of benzene rings is 1. The van der Waals surface area contributed by atoms with Gasteiger partial charge >= 0.3 is 0 Å². The summed E-state index contributed by atoms with van der Waals surface area (Å²) < 4.78 is 0. The van der Waals surface area contributed by atoms with Crippen LogP contribution in [0.1, 0.15) is 5.56 Å². The van der Waals surface area contributed by atoms with E-state index in [-0.39, 0.29) is 6.04 Å². The van der Waals surface area contributed by atoms with Crippen molar-refractivity contribution in [2.24, 2.45) is 5.73 Å². The molecule has 0 radical (unpaired) electrons. The lowest BCUT2D eigenvalue weighted by atomic mass is 10.1. The first-order chi connectivity index (χ1) is 11.3. The van der Waals surface area contributed by atoms with Gasteiger partial charge in [0.2, 0.25) is 0 Å². The molecule has 1 atom stereocenters. The Balaban J connectivity index is 1.60. The van der Waals surface area contributed by atoms with Gasteiger partial charge < -0.3 is 11.1 Å². The van der Waals surface area contributed by atoms with Crippen LogP contribution in [0.4, 0.5) is 5.82 Å². The largest absolute Gasteiger partial charge is 0.368 e. The fourth-order valence-corrected chi connectivity index (χ4v) is 2.48. The number of nitrogens with zero attached hydrogens (tertiary/aromatic N) is 2. The van der Waals surface area contributed by atoms with Gasteiger partial charge in [-0.05, 0) is 47.4 Å². The maximum Gasteiger partial charge on any atom is 0.126 e. The first-order valence-corrected chi connectivity index (χ1v) is 7.71. The number of hydrogen-bond acceptors (Lipinski definition) is 4. The first kappa shape index (κ1) is 15.2. The number of hydrogen-bond donors (Lipinski definition) is 2. The quantitative estimate of drug-likeness (QED) is 0.734. The molecule has 2 heterocycles. The molecule has 0 saturated heterocycles. The van der Waals surface area contributed by atoms with Crippen LogP contribution in [0.5, 0.6) is 0 Å². The molecule has 4 heteroatoms. The summed E-state index contributed by atoms with van der Waals surface area (Å²) in [5, 5.41) is 3.32. The Kier molecular flexibility index (Phi) is 4.96. The number of rotatable bonds is 6. The predicted molar refractivity (Wildman–Crippen MR) is 94.1 cm³/mol. The summed E-state index contributed by atoms with van der Waals surface area (Å²) >= 11 is 0. The second kappa shape index (κ2) is 7.51. The number of aromatic nitrogens is 2. The van der Waals surface area contributed by atoms with Gasteiger partial charge in [-0.15, -0.1) is 0 Å². The number of nitrogens with two attached hydrogens (primary N) is 1. The molecule has 1 aromatic carbocycles. The standard InChI is InChI=1S/C19H20N4/c20-18(12-15-4-2-1-3-5-15)14-23-19-13-17(8-11-22-19)16-6-9-21-10-7-16/h1-11,13,18H,12,14,20H2,(H,22,23)/t18-/m0/s1. The van der Waals surface area contributed by atoms with Crippen molar-refractivity contribution in [3.63, 3.8) is 0 Å². The van der Waals surface area contributed by atoms with Gasteiger partial charge in [0.15, 0.2) is 0 Å². The molecular weight excluding hydrogens is 284 g/mol. The summed E-state index contributed by atoms with van der Waals surface area (Å²) in [6.45, 7) is 0.682. The van der Waals surface area contributed by atoms with Crippen LogP contribution >= 0.6 is 0 Å². The van der Waals surface area contributed by atoms with E-state index in [2.05, 4.69) is 27.4 Å². The Labute approximate surface area is 136 Å². The maximum absolute atomic E-state index is 6.20. The highest BCUT2D eigenvalue weighted by atomic mass is 15.0. The van der Waals surface area contributed by atoms with E-state index in [0.717, 1.165) is 23.4 Å². The van der Waals surface area contributed by atoms with Crippen LogP contribution in [0, 0.1) is 0 Å². The van der Waals surface area contributed by atoms with Gasteiger partial charge in [-0.3, -0.25) is 4.98 Å². The van der Waals surface area contributed by atoms with E-state index in [1.54, 1.807) is 18.6 Å². The summed E-state index contributed by atoms with van der Waals surface area (Å²) in [5.74, 6) is 0.836. The molecule has 0 aliphatic rings. The number of anilines is 1. The van der Waals surface area contributed by atoms with Crippen LogP contribution in [0.2, 0.25) is 0 Å². The van der Waals surface area contributed by atoms with Gasteiger partial charge in [0, 0.05) is 31.2 Å². The molecule has 23 heavy (non-hydrogen) atoms. The van der Waals surface area contributed by atoms with E-state index in [1.165, 1.54) is 5.56 Å². The highest BCUT2D eigenvalue weighted by Crippen LogP contribution is 2.20. The van der Waals surface area contributed by atoms with Crippen LogP contribution in [-0.4, -0.2) is 22.6 Å². The van der Waals surface area contributed by atoms with Gasteiger partial charge in [-0.25, -0.2) is 4.98 Å². The molecule has 0 saturated carbocycles. The Morgan fingerprint density at radius 1 is 0.913 bits per heavy atom. The summed E-state index contributed by atoms with van der Waals surface area (Å²) in [4.78, 5) is 8.41. The van der Waals surface area contributed by atoms with E-state index in [1.807, 2.05) is 42.5 Å². The van der Waals surface area contributed by atoms with Crippen molar-refractivity contribution in [2.75, 3.05) is 11.9 Å². The summed E-state index contributed by atoms with van der Waals surface area (Å²) in [6.07, 6.45) is 6.23. The SMILES string of the molecule is N[C@H](CNc1cc(-c2ccncc2)ccn1)Cc1ccccc1. The van der Waals surface area contributed by atoms with E-state index >= 15 is 0 Å². The van der Waals surface area contributed by atoms with Crippen LogP contribution in [-0.2, 0) is 6.42 Å². The monoisotopic (exact) mass is 304 g/mol. The molecule has 0 fully saturated rings. The molecule has 0 bridgehead atoms. The molecule has 3 aromatic rings. The van der Waals surface area contributed by atoms with Gasteiger partial charge in [-0.2, -0.15) is 0 Å². The smallest absolute Gasteiger partial charge is 0.126 e. The highest BCUT2D eigenvalue weighted by Gasteiger charge is 2.05. The van der Waals surface area contributed by atoms with Crippen molar-refractivity contribution in [3.8, 4) is 11.1 Å². The van der Waals surface area contributed by atoms with Crippen LogP contribution in [0.3, 0.4) is 0 Å². The molecule has 0 unspecified atom stereocenters. The van der Waals surface area contributed by atoms with Crippen molar-refractivity contribution >= 4 is 5.82 Å². The highest BCUT2D eigenvalue weighted by molar-refractivity contribution is 5.65. The third-order valence-corrected chi connectivity index (χ3v) is 3.66. The zero-order valence-corrected chi connectivity index (χ0v) is 12.9. The summed E-state index contributed by atoms with van der Waals surface area (Å²) in [7, 11) is 0. The number of nitrogens with one attached hydrogen (secondary N) is 1. The fourth-order valence-electron chi connectivity index (χ4n) is 2.48. The van der Waals surface area contributed by atoms with Gasteiger partial charge in [0.1, 0.15) is 5.82 Å². The molecule has 0 spiro atoms. The van der Waals surface area contributed by atoms with Crippen LogP contribution < -0.4 is 11.1 Å². The molecule has 0 aliphatic carbocycles. The lowest BCUT2D eigenvalue weighted by molar-refractivity contribution is 0.698. The molecule has 4 nitrogen and oxygen atoms in total. The normalized spacial score (nSPS) is 11.9. The van der Waals surface area contributed by atoms with Crippen molar-refractivity contribution < 1.29 is 0 Å². The van der Waals surface area contributed by atoms with Gasteiger partial charge in [0.05, 0.1) is 0 Å². The van der Waals surface area contributed by atoms with E-state index in [9.17, 15) is 0 Å². The van der Waals surface area contributed by atoms with Crippen LogP contribution in [0.25, 0.3) is 11.1 Å². The summed E-state index contributed by atoms with van der Waals surface area (Å²) in [6, 6.07) is 18.3.